The summed E-state index contributed by atoms with van der Waals surface area (Å²) in [4.78, 5) is 45.9. The largest absolute Gasteiger partial charge is 0.354 e. The van der Waals surface area contributed by atoms with Gasteiger partial charge in [0.15, 0.2) is 5.78 Å². The standard InChI is InChI=1S/C25H29N3O3/c1-17-21-19(8-5-9-20(21)29)26-22(17)23(30)28-15-12-25(16-28)11-14-27(24(25)31)13-10-18-6-3-2-4-7-18/h2-4,6-7,26H,5,8-16H2,1H3. The van der Waals surface area contributed by atoms with Crippen molar-refractivity contribution < 1.29 is 14.4 Å². The summed E-state index contributed by atoms with van der Waals surface area (Å²) in [5.41, 5.74) is 3.71. The molecular formula is C25H29N3O3. The topological polar surface area (TPSA) is 73.5 Å². The molecule has 2 fully saturated rings. The first-order valence-electron chi connectivity index (χ1n) is 11.4. The second kappa shape index (κ2) is 7.66. The average Bonchev–Trinajstić information content (AvgIpc) is 3.45. The van der Waals surface area contributed by atoms with E-state index in [1.807, 2.05) is 34.9 Å². The first-order chi connectivity index (χ1) is 15.0. The Morgan fingerprint density at radius 3 is 2.65 bits per heavy atom. The van der Waals surface area contributed by atoms with Crippen LogP contribution in [-0.4, -0.2) is 58.6 Å². The highest BCUT2D eigenvalue weighted by Crippen LogP contribution is 2.41. The Hall–Kier alpha value is -2.89. The molecular weight excluding hydrogens is 390 g/mol. The number of hydrogen-bond acceptors (Lipinski definition) is 3. The minimum atomic E-state index is -0.442. The number of carbonyl (C=O) groups excluding carboxylic acids is 3. The van der Waals surface area contributed by atoms with Crippen LogP contribution in [0.2, 0.25) is 0 Å². The number of aromatic nitrogens is 1. The third-order valence-electron chi connectivity index (χ3n) is 7.41. The number of nitrogens with one attached hydrogen (secondary N) is 1. The van der Waals surface area contributed by atoms with Crippen LogP contribution in [0.1, 0.15) is 63.4 Å². The molecule has 1 aliphatic carbocycles. The molecule has 1 aromatic carbocycles. The lowest BCUT2D eigenvalue weighted by molar-refractivity contribution is -0.135. The van der Waals surface area contributed by atoms with Crippen molar-refractivity contribution in [1.82, 2.24) is 14.8 Å². The number of aromatic amines is 1. The van der Waals surface area contributed by atoms with Crippen LogP contribution in [0.5, 0.6) is 0 Å². The first-order valence-corrected chi connectivity index (χ1v) is 11.4. The molecule has 1 atom stereocenters. The molecule has 2 amide bonds. The minimum absolute atomic E-state index is 0.0767. The van der Waals surface area contributed by atoms with E-state index < -0.39 is 5.41 Å². The van der Waals surface area contributed by atoms with Crippen molar-refractivity contribution in [1.29, 1.82) is 0 Å². The Balaban J connectivity index is 1.27. The maximum atomic E-state index is 13.3. The summed E-state index contributed by atoms with van der Waals surface area (Å²) in [6, 6.07) is 10.2. The molecule has 1 spiro atoms. The zero-order valence-corrected chi connectivity index (χ0v) is 18.1. The number of rotatable bonds is 4. The monoisotopic (exact) mass is 419 g/mol. The van der Waals surface area contributed by atoms with Crippen molar-refractivity contribution in [3.05, 3.63) is 58.4 Å². The molecule has 3 aliphatic rings. The number of hydrogen-bond donors (Lipinski definition) is 1. The number of H-pyrrole nitrogens is 1. The van der Waals surface area contributed by atoms with Crippen molar-refractivity contribution >= 4 is 17.6 Å². The van der Waals surface area contributed by atoms with Crippen molar-refractivity contribution in [2.75, 3.05) is 26.2 Å². The highest BCUT2D eigenvalue weighted by atomic mass is 16.2. The van der Waals surface area contributed by atoms with E-state index in [4.69, 9.17) is 0 Å². The normalized spacial score (nSPS) is 23.1. The van der Waals surface area contributed by atoms with Crippen LogP contribution in [-0.2, 0) is 17.6 Å². The van der Waals surface area contributed by atoms with Gasteiger partial charge < -0.3 is 14.8 Å². The van der Waals surface area contributed by atoms with Crippen molar-refractivity contribution in [2.45, 2.75) is 45.4 Å². The SMILES string of the molecule is Cc1c(C(=O)N2CCC3(CCN(CCc4ccccc4)C3=O)C2)[nH]c2c1C(=O)CCC2. The van der Waals surface area contributed by atoms with Crippen LogP contribution < -0.4 is 0 Å². The van der Waals surface area contributed by atoms with Gasteiger partial charge in [-0.25, -0.2) is 0 Å². The van der Waals surface area contributed by atoms with Crippen LogP contribution in [0.3, 0.4) is 0 Å². The third kappa shape index (κ3) is 3.38. The maximum Gasteiger partial charge on any atom is 0.270 e. The molecule has 2 aliphatic heterocycles. The number of ketones is 1. The Morgan fingerprint density at radius 2 is 1.87 bits per heavy atom. The molecule has 6 nitrogen and oxygen atoms in total. The Labute approximate surface area is 182 Å². The minimum Gasteiger partial charge on any atom is -0.354 e. The molecule has 162 valence electrons. The summed E-state index contributed by atoms with van der Waals surface area (Å²) in [7, 11) is 0. The third-order valence-corrected chi connectivity index (χ3v) is 7.41. The fourth-order valence-corrected chi connectivity index (χ4v) is 5.59. The first kappa shape index (κ1) is 20.0. The van der Waals surface area contributed by atoms with Gasteiger partial charge in [-0.15, -0.1) is 0 Å². The molecule has 31 heavy (non-hydrogen) atoms. The highest BCUT2D eigenvalue weighted by Gasteiger charge is 2.51. The van der Waals surface area contributed by atoms with Crippen LogP contribution in [0.15, 0.2) is 30.3 Å². The van der Waals surface area contributed by atoms with E-state index in [0.717, 1.165) is 56.5 Å². The van der Waals surface area contributed by atoms with Gasteiger partial charge in [-0.05, 0) is 50.2 Å². The lowest BCUT2D eigenvalue weighted by atomic mass is 9.85. The lowest BCUT2D eigenvalue weighted by Gasteiger charge is -2.23. The molecule has 2 saturated heterocycles. The molecule has 3 heterocycles. The number of likely N-dealkylation sites (tertiary alicyclic amines) is 2. The molecule has 5 rings (SSSR count). The van der Waals surface area contributed by atoms with Gasteiger partial charge in [0.2, 0.25) is 5.91 Å². The summed E-state index contributed by atoms with van der Waals surface area (Å²) in [6.07, 6.45) is 4.58. The molecule has 1 unspecified atom stereocenters. The van der Waals surface area contributed by atoms with Crippen molar-refractivity contribution in [3.63, 3.8) is 0 Å². The fraction of sp³-hybridized carbons (Fsp3) is 0.480. The van der Waals surface area contributed by atoms with Crippen molar-refractivity contribution in [3.8, 4) is 0 Å². The van der Waals surface area contributed by atoms with Crippen LogP contribution in [0.4, 0.5) is 0 Å². The summed E-state index contributed by atoms with van der Waals surface area (Å²) < 4.78 is 0. The van der Waals surface area contributed by atoms with E-state index in [9.17, 15) is 14.4 Å². The lowest BCUT2D eigenvalue weighted by Crippen LogP contribution is -2.39. The van der Waals surface area contributed by atoms with Crippen LogP contribution in [0.25, 0.3) is 0 Å². The molecule has 1 aromatic heterocycles. The molecule has 6 heteroatoms. The number of fused-ring (bicyclic) bond motifs is 1. The van der Waals surface area contributed by atoms with E-state index in [2.05, 4.69) is 17.1 Å². The smallest absolute Gasteiger partial charge is 0.270 e. The van der Waals surface area contributed by atoms with Gasteiger partial charge in [0.1, 0.15) is 5.69 Å². The molecule has 0 saturated carbocycles. The summed E-state index contributed by atoms with van der Waals surface area (Å²) in [6.45, 7) is 4.42. The van der Waals surface area contributed by atoms with E-state index >= 15 is 0 Å². The fourth-order valence-electron chi connectivity index (χ4n) is 5.59. The number of benzene rings is 1. The molecule has 0 radical (unpaired) electrons. The quantitative estimate of drug-likeness (QED) is 0.827. The Bertz CT molecular complexity index is 1040. The van der Waals surface area contributed by atoms with Gasteiger partial charge in [0.05, 0.1) is 5.41 Å². The van der Waals surface area contributed by atoms with Gasteiger partial charge in [-0.1, -0.05) is 30.3 Å². The predicted molar refractivity (Wildman–Crippen MR) is 117 cm³/mol. The van der Waals surface area contributed by atoms with Crippen LogP contribution in [0, 0.1) is 12.3 Å². The highest BCUT2D eigenvalue weighted by molar-refractivity contribution is 6.04. The summed E-state index contributed by atoms with van der Waals surface area (Å²) in [5, 5.41) is 0. The Morgan fingerprint density at radius 1 is 1.10 bits per heavy atom. The van der Waals surface area contributed by atoms with Gasteiger partial charge in [-0.2, -0.15) is 0 Å². The maximum absolute atomic E-state index is 13.3. The van der Waals surface area contributed by atoms with Crippen molar-refractivity contribution in [2.24, 2.45) is 5.41 Å². The van der Waals surface area contributed by atoms with E-state index in [-0.39, 0.29) is 17.6 Å². The molecule has 1 N–H and O–H groups in total. The molecule has 2 aromatic rings. The number of aryl methyl sites for hydroxylation is 1. The van der Waals surface area contributed by atoms with Gasteiger partial charge in [-0.3, -0.25) is 14.4 Å². The van der Waals surface area contributed by atoms with Crippen LogP contribution >= 0.6 is 0 Å². The molecule has 0 bridgehead atoms. The van der Waals surface area contributed by atoms with E-state index in [1.165, 1.54) is 5.56 Å². The predicted octanol–water partition coefficient (Wildman–Crippen LogP) is 3.15. The number of Topliss-reactive ketones (excluding diaryl/α,β-unsaturated/α-hetero) is 1. The van der Waals surface area contributed by atoms with Gasteiger partial charge in [0, 0.05) is 43.9 Å². The van der Waals surface area contributed by atoms with Gasteiger partial charge >= 0.3 is 0 Å². The second-order valence-corrected chi connectivity index (χ2v) is 9.29. The Kier molecular flexibility index (Phi) is 4.95. The van der Waals surface area contributed by atoms with E-state index in [0.29, 0.717) is 30.8 Å². The average molecular weight is 420 g/mol. The number of nitrogens with zero attached hydrogens (tertiary/aromatic N) is 2. The second-order valence-electron chi connectivity index (χ2n) is 9.29. The number of carbonyl (C=O) groups is 3. The van der Waals surface area contributed by atoms with E-state index in [1.54, 1.807) is 0 Å². The summed E-state index contributed by atoms with van der Waals surface area (Å²) in [5.74, 6) is 0.246. The zero-order valence-electron chi connectivity index (χ0n) is 18.1. The number of amides is 2. The summed E-state index contributed by atoms with van der Waals surface area (Å²) >= 11 is 0. The zero-order chi connectivity index (χ0) is 21.6. The van der Waals surface area contributed by atoms with Gasteiger partial charge in [0.25, 0.3) is 5.91 Å².